The average molecular weight is 797 g/mol. The van der Waals surface area contributed by atoms with Crippen LogP contribution in [0.25, 0.3) is 16.9 Å². The van der Waals surface area contributed by atoms with E-state index in [4.69, 9.17) is 9.97 Å². The van der Waals surface area contributed by atoms with E-state index in [0.717, 1.165) is 71.3 Å². The summed E-state index contributed by atoms with van der Waals surface area (Å²) in [7, 11) is 0. The Morgan fingerprint density at radius 1 is 0.852 bits per heavy atom. The largest absolute Gasteiger partial charge is 0.354 e. The van der Waals surface area contributed by atoms with Crippen LogP contribution in [0.5, 0.6) is 0 Å². The number of fused-ring (bicyclic) bond motifs is 2. The topological polar surface area (TPSA) is 119 Å². The number of benzene rings is 2. The first-order valence-corrected chi connectivity index (χ1v) is 19.0. The van der Waals surface area contributed by atoms with Gasteiger partial charge in [-0.25, -0.2) is 23.3 Å². The molecule has 3 saturated heterocycles. The van der Waals surface area contributed by atoms with Gasteiger partial charge < -0.3 is 14.7 Å². The lowest BCUT2D eigenvalue weighted by Gasteiger charge is -2.35. The summed E-state index contributed by atoms with van der Waals surface area (Å²) in [6, 6.07) is 14.3. The maximum absolute atomic E-state index is 14.8. The van der Waals surface area contributed by atoms with Crippen molar-refractivity contribution in [1.82, 2.24) is 34.7 Å². The zero-order valence-corrected chi connectivity index (χ0v) is 30.8. The molecule has 2 atom stereocenters. The molecule has 12 nitrogen and oxygen atoms in total. The number of nitrogens with zero attached hydrogens (tertiary/aromatic N) is 8. The first kappa shape index (κ1) is 34.5. The average Bonchev–Trinajstić information content (AvgIpc) is 3.92. The summed E-state index contributed by atoms with van der Waals surface area (Å²) >= 11 is 3.77. The second-order valence-corrected chi connectivity index (χ2v) is 15.0. The van der Waals surface area contributed by atoms with E-state index in [2.05, 4.69) is 36.1 Å². The number of halogens is 3. The number of piperazine rings is 1. The van der Waals surface area contributed by atoms with Crippen molar-refractivity contribution in [3.8, 4) is 11.3 Å². The van der Waals surface area contributed by atoms with Crippen LogP contribution in [-0.4, -0.2) is 85.9 Å². The second kappa shape index (κ2) is 13.9. The first-order valence-electron chi connectivity index (χ1n) is 18.2. The molecule has 0 radical (unpaired) electrons. The summed E-state index contributed by atoms with van der Waals surface area (Å²) < 4.78 is 31.5. The van der Waals surface area contributed by atoms with Gasteiger partial charge in [0, 0.05) is 74.0 Å². The van der Waals surface area contributed by atoms with Crippen LogP contribution in [0, 0.1) is 11.6 Å². The molecule has 1 N–H and O–H groups in total. The molecule has 9 rings (SSSR count). The van der Waals surface area contributed by atoms with Crippen molar-refractivity contribution < 1.29 is 23.2 Å². The zero-order chi connectivity index (χ0) is 37.1. The normalized spacial score (nSPS) is 20.6. The number of hydrogen-bond donors (Lipinski definition) is 1. The number of anilines is 2. The molecule has 0 saturated carbocycles. The van der Waals surface area contributed by atoms with E-state index in [-0.39, 0.29) is 24.3 Å². The number of amides is 3. The van der Waals surface area contributed by atoms with Gasteiger partial charge in [-0.2, -0.15) is 5.10 Å². The molecule has 276 valence electrons. The molecule has 5 aromatic rings. The first-order chi connectivity index (χ1) is 26.2. The number of carbonyl (C=O) groups excluding carboxylic acids is 3. The number of piperidine rings is 1. The van der Waals surface area contributed by atoms with Crippen LogP contribution in [0.1, 0.15) is 58.8 Å². The van der Waals surface area contributed by atoms with E-state index in [1.807, 2.05) is 47.5 Å². The van der Waals surface area contributed by atoms with Crippen molar-refractivity contribution in [1.29, 1.82) is 0 Å². The molecule has 7 heterocycles. The van der Waals surface area contributed by atoms with Gasteiger partial charge in [-0.15, -0.1) is 0 Å². The van der Waals surface area contributed by atoms with Gasteiger partial charge in [-0.05, 0) is 72.9 Å². The minimum absolute atomic E-state index is 0.187. The predicted molar refractivity (Wildman–Crippen MR) is 200 cm³/mol. The van der Waals surface area contributed by atoms with Crippen LogP contribution < -0.4 is 15.1 Å². The smallest absolute Gasteiger partial charge is 0.255 e. The fraction of sp³-hybridized carbons (Fsp3) is 0.333. The number of nitrogens with one attached hydrogen (secondary N) is 1. The van der Waals surface area contributed by atoms with Gasteiger partial charge >= 0.3 is 0 Å². The van der Waals surface area contributed by atoms with Crippen molar-refractivity contribution in [2.24, 2.45) is 0 Å². The third-order valence-corrected chi connectivity index (χ3v) is 12.0. The van der Waals surface area contributed by atoms with E-state index in [0.29, 0.717) is 55.1 Å². The SMILES string of the molecule is O=C1CCC(N2Cc3c(ccc(CN4CCN(c5cccc(-c6cnn7ccc(N8CCC[C@@H]8c8cc(F)ccc8F)nc67)n5)CC4)c3Br)C2=O)C(=O)N1. The Kier molecular flexibility index (Phi) is 8.85. The summed E-state index contributed by atoms with van der Waals surface area (Å²) in [5, 5.41) is 6.90. The maximum atomic E-state index is 14.8. The van der Waals surface area contributed by atoms with Crippen molar-refractivity contribution in [2.45, 2.75) is 50.9 Å². The van der Waals surface area contributed by atoms with Gasteiger partial charge in [0.15, 0.2) is 5.65 Å². The Morgan fingerprint density at radius 2 is 1.70 bits per heavy atom. The monoisotopic (exact) mass is 795 g/mol. The van der Waals surface area contributed by atoms with E-state index >= 15 is 0 Å². The summed E-state index contributed by atoms with van der Waals surface area (Å²) in [6.45, 7) is 4.85. The van der Waals surface area contributed by atoms with Crippen molar-refractivity contribution >= 4 is 50.9 Å². The minimum Gasteiger partial charge on any atom is -0.354 e. The molecule has 1 unspecified atom stereocenters. The van der Waals surface area contributed by atoms with Crippen LogP contribution in [0.4, 0.5) is 20.4 Å². The summed E-state index contributed by atoms with van der Waals surface area (Å²) in [6.07, 6.45) is 5.69. The summed E-state index contributed by atoms with van der Waals surface area (Å²) in [5.74, 6) is -0.254. The molecule has 15 heteroatoms. The van der Waals surface area contributed by atoms with Crippen molar-refractivity contribution in [3.63, 3.8) is 0 Å². The highest BCUT2D eigenvalue weighted by Gasteiger charge is 2.40. The third kappa shape index (κ3) is 6.18. The third-order valence-electron chi connectivity index (χ3n) is 11.0. The highest BCUT2D eigenvalue weighted by molar-refractivity contribution is 9.10. The molecule has 3 fully saturated rings. The summed E-state index contributed by atoms with van der Waals surface area (Å²) in [4.78, 5) is 55.7. The lowest BCUT2D eigenvalue weighted by atomic mass is 10.0. The second-order valence-electron chi connectivity index (χ2n) is 14.2. The van der Waals surface area contributed by atoms with Crippen LogP contribution in [0.3, 0.4) is 0 Å². The number of rotatable bonds is 7. The van der Waals surface area contributed by atoms with Gasteiger partial charge in [0.2, 0.25) is 11.8 Å². The van der Waals surface area contributed by atoms with Crippen LogP contribution in [0.2, 0.25) is 0 Å². The zero-order valence-electron chi connectivity index (χ0n) is 29.2. The molecule has 3 aromatic heterocycles. The molecule has 0 aliphatic carbocycles. The molecule has 4 aliphatic heterocycles. The lowest BCUT2D eigenvalue weighted by molar-refractivity contribution is -0.136. The molecule has 4 aliphatic rings. The van der Waals surface area contributed by atoms with Crippen LogP contribution >= 0.6 is 15.9 Å². The summed E-state index contributed by atoms with van der Waals surface area (Å²) in [5.41, 5.74) is 5.02. The molecular formula is C39H36BrF2N9O3. The number of hydrogen-bond acceptors (Lipinski definition) is 9. The number of aromatic nitrogens is 4. The van der Waals surface area contributed by atoms with Gasteiger partial charge in [-0.3, -0.25) is 24.6 Å². The molecule has 3 amide bonds. The Balaban J connectivity index is 0.879. The van der Waals surface area contributed by atoms with Gasteiger partial charge in [0.25, 0.3) is 5.91 Å². The van der Waals surface area contributed by atoms with Crippen molar-refractivity contribution in [2.75, 3.05) is 42.5 Å². The van der Waals surface area contributed by atoms with E-state index < -0.39 is 23.6 Å². The Morgan fingerprint density at radius 3 is 2.54 bits per heavy atom. The maximum Gasteiger partial charge on any atom is 0.255 e. The number of imide groups is 1. The number of pyridine rings is 1. The van der Waals surface area contributed by atoms with E-state index in [1.165, 1.54) is 12.1 Å². The quantitative estimate of drug-likeness (QED) is 0.220. The predicted octanol–water partition coefficient (Wildman–Crippen LogP) is 5.26. The highest BCUT2D eigenvalue weighted by Crippen LogP contribution is 2.38. The Labute approximate surface area is 317 Å². The van der Waals surface area contributed by atoms with E-state index in [1.54, 1.807) is 15.6 Å². The minimum atomic E-state index is -0.650. The van der Waals surface area contributed by atoms with Crippen LogP contribution in [0.15, 0.2) is 71.5 Å². The standard InChI is InChI=1S/C39H36BrF2N9O3/c40-36-23(6-8-25-28(36)22-50(39(25)54)32-10-11-35(52)46-38(32)53)21-47-15-17-48(18-16-47)33-5-1-3-30(44-33)27-20-43-51-14-12-34(45-37(27)51)49-13-2-4-31(49)26-19-24(41)7-9-29(26)42/h1,3,5-9,12,14,19-20,31-32H,2,4,10-11,13,15-18,21-22H2,(H,46,52,53)/t31-,32?/m1/s1. The fourth-order valence-corrected chi connectivity index (χ4v) is 8.83. The molecule has 54 heavy (non-hydrogen) atoms. The van der Waals surface area contributed by atoms with Gasteiger partial charge in [-0.1, -0.05) is 28.1 Å². The molecule has 0 bridgehead atoms. The lowest BCUT2D eigenvalue weighted by Crippen LogP contribution is -2.52. The van der Waals surface area contributed by atoms with Gasteiger partial charge in [0.1, 0.15) is 29.3 Å². The Bertz CT molecular complexity index is 2330. The fourth-order valence-electron chi connectivity index (χ4n) is 8.23. The number of carbonyl (C=O) groups is 3. The molecule has 0 spiro atoms. The van der Waals surface area contributed by atoms with Crippen LogP contribution in [-0.2, 0) is 22.7 Å². The highest BCUT2D eigenvalue weighted by atomic mass is 79.9. The Hall–Kier alpha value is -5.28. The van der Waals surface area contributed by atoms with Crippen molar-refractivity contribution in [3.05, 3.63) is 105 Å². The molecular weight excluding hydrogens is 760 g/mol. The van der Waals surface area contributed by atoms with Gasteiger partial charge in [0.05, 0.1) is 23.5 Å². The van der Waals surface area contributed by atoms with E-state index in [9.17, 15) is 23.2 Å². The molecule has 2 aromatic carbocycles.